The predicted octanol–water partition coefficient (Wildman–Crippen LogP) is 8.72. The molecule has 0 spiro atoms. The lowest BCUT2D eigenvalue weighted by molar-refractivity contribution is 0.233. The Balaban J connectivity index is 2.13. The highest BCUT2D eigenvalue weighted by molar-refractivity contribution is 9.09. The molecule has 0 radical (unpaired) electrons. The van der Waals surface area contributed by atoms with Crippen molar-refractivity contribution in [3.63, 3.8) is 0 Å². The van der Waals surface area contributed by atoms with E-state index in [9.17, 15) is 0 Å². The molecule has 3 heteroatoms. The fourth-order valence-corrected chi connectivity index (χ4v) is 4.20. The third-order valence-corrected chi connectivity index (χ3v) is 7.14. The number of hydrogen-bond donors (Lipinski definition) is 0. The molecule has 0 aliphatic carbocycles. The predicted molar refractivity (Wildman–Crippen MR) is 134 cm³/mol. The van der Waals surface area contributed by atoms with Gasteiger partial charge < -0.3 is 9.47 Å². The van der Waals surface area contributed by atoms with Crippen LogP contribution in [0.5, 0.6) is 11.5 Å². The van der Waals surface area contributed by atoms with Crippen molar-refractivity contribution >= 4 is 26.7 Å². The maximum atomic E-state index is 6.47. The Morgan fingerprint density at radius 3 is 2.30 bits per heavy atom. The molecule has 2 unspecified atom stereocenters. The van der Waals surface area contributed by atoms with E-state index in [1.54, 1.807) is 0 Å². The summed E-state index contributed by atoms with van der Waals surface area (Å²) in [4.78, 5) is 0.630. The van der Waals surface area contributed by atoms with Crippen LogP contribution >= 0.6 is 15.9 Å². The van der Waals surface area contributed by atoms with Gasteiger partial charge in [0.1, 0.15) is 11.5 Å². The van der Waals surface area contributed by atoms with Gasteiger partial charge in [-0.25, -0.2) is 0 Å². The van der Waals surface area contributed by atoms with Gasteiger partial charge in [0.25, 0.3) is 0 Å². The normalized spacial score (nSPS) is 13.4. The first-order valence-electron chi connectivity index (χ1n) is 12.1. The van der Waals surface area contributed by atoms with Crippen LogP contribution < -0.4 is 9.47 Å². The monoisotopic (exact) mass is 476 g/mol. The summed E-state index contributed by atoms with van der Waals surface area (Å²) < 4.78 is 12.7. The maximum Gasteiger partial charge on any atom is 0.130 e. The minimum absolute atomic E-state index is 0.630. The number of benzene rings is 2. The second kappa shape index (κ2) is 14.0. The Kier molecular flexibility index (Phi) is 11.7. The van der Waals surface area contributed by atoms with E-state index in [4.69, 9.17) is 9.47 Å². The van der Waals surface area contributed by atoms with E-state index in [0.29, 0.717) is 10.7 Å². The molecule has 168 valence electrons. The zero-order chi connectivity index (χ0) is 21.8. The molecular formula is C27H41BrO2. The molecule has 2 atom stereocenters. The van der Waals surface area contributed by atoms with E-state index in [0.717, 1.165) is 37.6 Å². The Bertz CT molecular complexity index is 743. The average molecular weight is 478 g/mol. The van der Waals surface area contributed by atoms with Crippen LogP contribution in [0.2, 0.25) is 0 Å². The SMILES string of the molecule is CCCCC(CC)COc1c(CC)cc(OCCCCC(Br)CC)c2ccccc12. The van der Waals surface area contributed by atoms with Crippen molar-refractivity contribution in [2.24, 2.45) is 5.92 Å². The summed E-state index contributed by atoms with van der Waals surface area (Å²) in [6, 6.07) is 10.8. The van der Waals surface area contributed by atoms with Crippen LogP contribution in [0.3, 0.4) is 0 Å². The minimum Gasteiger partial charge on any atom is -0.493 e. The van der Waals surface area contributed by atoms with Crippen molar-refractivity contribution in [2.45, 2.75) is 90.3 Å². The highest BCUT2D eigenvalue weighted by atomic mass is 79.9. The summed E-state index contributed by atoms with van der Waals surface area (Å²) in [5, 5.41) is 2.35. The first-order valence-corrected chi connectivity index (χ1v) is 13.0. The van der Waals surface area contributed by atoms with E-state index in [-0.39, 0.29) is 0 Å². The van der Waals surface area contributed by atoms with Gasteiger partial charge in [0.2, 0.25) is 0 Å². The molecule has 0 aliphatic heterocycles. The molecule has 0 heterocycles. The molecule has 0 aliphatic rings. The van der Waals surface area contributed by atoms with Gasteiger partial charge in [-0.1, -0.05) is 87.2 Å². The average Bonchev–Trinajstić information content (AvgIpc) is 2.79. The second-order valence-electron chi connectivity index (χ2n) is 8.34. The minimum atomic E-state index is 0.630. The maximum absolute atomic E-state index is 6.47. The van der Waals surface area contributed by atoms with Crippen molar-refractivity contribution in [2.75, 3.05) is 13.2 Å². The first-order chi connectivity index (χ1) is 14.6. The molecule has 0 saturated carbocycles. The van der Waals surface area contributed by atoms with Crippen molar-refractivity contribution < 1.29 is 9.47 Å². The zero-order valence-corrected chi connectivity index (χ0v) is 21.1. The third kappa shape index (κ3) is 7.48. The quantitative estimate of drug-likeness (QED) is 0.189. The number of ether oxygens (including phenoxy) is 2. The van der Waals surface area contributed by atoms with Crippen molar-refractivity contribution in [1.82, 2.24) is 0 Å². The van der Waals surface area contributed by atoms with Gasteiger partial charge in [0.05, 0.1) is 13.2 Å². The Labute approximate surface area is 192 Å². The number of aryl methyl sites for hydroxylation is 1. The molecule has 2 rings (SSSR count). The highest BCUT2D eigenvalue weighted by Crippen LogP contribution is 2.37. The van der Waals surface area contributed by atoms with Gasteiger partial charge in [-0.05, 0) is 56.1 Å². The summed E-state index contributed by atoms with van der Waals surface area (Å²) in [7, 11) is 0. The van der Waals surface area contributed by atoms with Crippen LogP contribution in [0, 0.1) is 5.92 Å². The van der Waals surface area contributed by atoms with E-state index < -0.39 is 0 Å². The lowest BCUT2D eigenvalue weighted by Gasteiger charge is -2.20. The summed E-state index contributed by atoms with van der Waals surface area (Å²) >= 11 is 3.72. The Morgan fingerprint density at radius 1 is 0.867 bits per heavy atom. The molecule has 0 bridgehead atoms. The fraction of sp³-hybridized carbons (Fsp3) is 0.630. The lowest BCUT2D eigenvalue weighted by atomic mass is 9.99. The van der Waals surface area contributed by atoms with Crippen molar-refractivity contribution in [1.29, 1.82) is 0 Å². The Morgan fingerprint density at radius 2 is 1.63 bits per heavy atom. The van der Waals surface area contributed by atoms with Gasteiger partial charge >= 0.3 is 0 Å². The first kappa shape index (κ1) is 25.0. The Hall–Kier alpha value is -1.22. The second-order valence-corrected chi connectivity index (χ2v) is 9.63. The van der Waals surface area contributed by atoms with E-state index in [1.165, 1.54) is 61.3 Å². The molecule has 0 saturated heterocycles. The van der Waals surface area contributed by atoms with Crippen molar-refractivity contribution in [3.8, 4) is 11.5 Å². The van der Waals surface area contributed by atoms with Crippen LogP contribution in [-0.2, 0) is 6.42 Å². The number of rotatable bonds is 15. The molecule has 0 N–H and O–H groups in total. The van der Waals surface area contributed by atoms with Crippen LogP contribution in [0.1, 0.15) is 84.6 Å². The molecule has 0 amide bonds. The van der Waals surface area contributed by atoms with E-state index >= 15 is 0 Å². The molecule has 2 nitrogen and oxygen atoms in total. The van der Waals surface area contributed by atoms with Gasteiger partial charge in [-0.3, -0.25) is 0 Å². The number of alkyl halides is 1. The largest absolute Gasteiger partial charge is 0.493 e. The van der Waals surface area contributed by atoms with Gasteiger partial charge in [-0.15, -0.1) is 0 Å². The summed E-state index contributed by atoms with van der Waals surface area (Å²) in [5.74, 6) is 2.69. The number of fused-ring (bicyclic) bond motifs is 1. The number of halogens is 1. The molecule has 30 heavy (non-hydrogen) atoms. The zero-order valence-electron chi connectivity index (χ0n) is 19.5. The lowest BCUT2D eigenvalue weighted by Crippen LogP contribution is -2.12. The van der Waals surface area contributed by atoms with Crippen LogP contribution in [0.15, 0.2) is 30.3 Å². The molecule has 2 aromatic carbocycles. The molecular weight excluding hydrogens is 436 g/mol. The van der Waals surface area contributed by atoms with Crippen LogP contribution in [0.25, 0.3) is 10.8 Å². The van der Waals surface area contributed by atoms with E-state index in [1.807, 2.05) is 0 Å². The third-order valence-electron chi connectivity index (χ3n) is 6.03. The topological polar surface area (TPSA) is 18.5 Å². The number of unbranched alkanes of at least 4 members (excludes halogenated alkanes) is 2. The van der Waals surface area contributed by atoms with Crippen molar-refractivity contribution in [3.05, 3.63) is 35.9 Å². The smallest absolute Gasteiger partial charge is 0.130 e. The standard InChI is InChI=1S/C27H41BrO2/c1-5-9-14-21(6-2)20-30-27-22(7-3)19-26(24-16-10-11-17-25(24)27)29-18-13-12-15-23(28)8-4/h10-11,16-17,19,21,23H,5-9,12-15,18,20H2,1-4H3. The molecule has 2 aromatic rings. The van der Waals surface area contributed by atoms with Gasteiger partial charge in [-0.2, -0.15) is 0 Å². The van der Waals surface area contributed by atoms with Crippen LogP contribution in [0.4, 0.5) is 0 Å². The molecule has 0 fully saturated rings. The molecule has 0 aromatic heterocycles. The van der Waals surface area contributed by atoms with E-state index in [2.05, 4.69) is 74.0 Å². The highest BCUT2D eigenvalue weighted by Gasteiger charge is 2.15. The summed E-state index contributed by atoms with van der Waals surface area (Å²) in [6.45, 7) is 10.5. The van der Waals surface area contributed by atoms with Gasteiger partial charge in [0.15, 0.2) is 0 Å². The summed E-state index contributed by atoms with van der Waals surface area (Å²) in [5.41, 5.74) is 1.25. The summed E-state index contributed by atoms with van der Waals surface area (Å²) in [6.07, 6.45) is 10.6. The fourth-order valence-electron chi connectivity index (χ4n) is 3.88. The number of hydrogen-bond acceptors (Lipinski definition) is 2. The van der Waals surface area contributed by atoms with Gasteiger partial charge in [0, 0.05) is 15.6 Å². The van der Waals surface area contributed by atoms with Crippen LogP contribution in [-0.4, -0.2) is 18.0 Å².